The van der Waals surface area contributed by atoms with Crippen LogP contribution in [0.25, 0.3) is 0 Å². The molecule has 0 bridgehead atoms. The average molecular weight is 378 g/mol. The van der Waals surface area contributed by atoms with Crippen LogP contribution < -0.4 is 15.4 Å². The van der Waals surface area contributed by atoms with Gasteiger partial charge in [-0.05, 0) is 31.9 Å². The molecule has 1 aliphatic rings. The Kier molecular flexibility index (Phi) is 12.7. The molecule has 1 aromatic heterocycles. The number of nitrogens with one attached hydrogen (secondary N) is 2. The average Bonchev–Trinajstić information content (AvgIpc) is 2.81. The van der Waals surface area contributed by atoms with Gasteiger partial charge in [-0.15, -0.1) is 24.8 Å². The molecule has 1 aliphatic carbocycles. The van der Waals surface area contributed by atoms with Crippen molar-refractivity contribution in [2.45, 2.75) is 57.6 Å². The van der Waals surface area contributed by atoms with Gasteiger partial charge in [-0.25, -0.2) is 0 Å². The number of hydrogen-bond acceptors (Lipinski definition) is 4. The fourth-order valence-corrected chi connectivity index (χ4v) is 2.76. The van der Waals surface area contributed by atoms with Crippen molar-refractivity contribution in [3.8, 4) is 5.75 Å². The van der Waals surface area contributed by atoms with Crippen LogP contribution in [0.2, 0.25) is 0 Å². The van der Waals surface area contributed by atoms with Crippen molar-refractivity contribution < 1.29 is 9.53 Å². The van der Waals surface area contributed by atoms with Gasteiger partial charge in [-0.2, -0.15) is 0 Å². The van der Waals surface area contributed by atoms with Crippen LogP contribution in [0.1, 0.15) is 45.4 Å². The van der Waals surface area contributed by atoms with Crippen molar-refractivity contribution in [1.82, 2.24) is 15.6 Å². The van der Waals surface area contributed by atoms with Gasteiger partial charge in [0.1, 0.15) is 5.75 Å². The summed E-state index contributed by atoms with van der Waals surface area (Å²) in [5.74, 6) is 0.522. The fraction of sp³-hybridized carbons (Fsp3) is 0.647. The van der Waals surface area contributed by atoms with E-state index in [0.717, 1.165) is 6.54 Å². The van der Waals surface area contributed by atoms with Gasteiger partial charge < -0.3 is 15.4 Å². The molecule has 2 rings (SSSR count). The van der Waals surface area contributed by atoms with E-state index in [2.05, 4.69) is 15.6 Å². The zero-order chi connectivity index (χ0) is 15.6. The summed E-state index contributed by atoms with van der Waals surface area (Å²) in [6.07, 6.45) is 10.6. The molecule has 1 fully saturated rings. The highest BCUT2D eigenvalue weighted by Gasteiger charge is 2.15. The largest absolute Gasteiger partial charge is 0.479 e. The summed E-state index contributed by atoms with van der Waals surface area (Å²) in [6, 6.07) is 4.20. The molecule has 138 valence electrons. The van der Waals surface area contributed by atoms with Gasteiger partial charge >= 0.3 is 0 Å². The SMILES string of the molecule is CC(Oc1cccnc1)C(=O)NCCNC1CCCCCC1.Cl.Cl. The van der Waals surface area contributed by atoms with Gasteiger partial charge in [0.2, 0.25) is 0 Å². The third kappa shape index (κ3) is 8.71. The molecule has 7 heteroatoms. The Morgan fingerprint density at radius 2 is 1.96 bits per heavy atom. The van der Waals surface area contributed by atoms with E-state index < -0.39 is 6.10 Å². The number of aromatic nitrogens is 1. The predicted molar refractivity (Wildman–Crippen MR) is 101 cm³/mol. The Morgan fingerprint density at radius 1 is 1.25 bits per heavy atom. The van der Waals surface area contributed by atoms with Crippen LogP contribution in [0, 0.1) is 0 Å². The summed E-state index contributed by atoms with van der Waals surface area (Å²) in [6.45, 7) is 3.20. The Balaban J connectivity index is 0.00000264. The van der Waals surface area contributed by atoms with E-state index in [1.165, 1.54) is 38.5 Å². The van der Waals surface area contributed by atoms with Crippen LogP contribution in [0.5, 0.6) is 5.75 Å². The van der Waals surface area contributed by atoms with Gasteiger partial charge in [-0.1, -0.05) is 25.7 Å². The molecular weight excluding hydrogens is 349 g/mol. The topological polar surface area (TPSA) is 63.2 Å². The standard InChI is InChI=1S/C17H27N3O2.2ClH/c1-14(22-16-9-6-10-18-13-16)17(21)20-12-11-19-15-7-4-2-3-5-8-15;;/h6,9-10,13-15,19H,2-5,7-8,11-12H2,1H3,(H,20,21);2*1H. The highest BCUT2D eigenvalue weighted by Crippen LogP contribution is 2.16. The van der Waals surface area contributed by atoms with Crippen LogP contribution >= 0.6 is 24.8 Å². The molecule has 0 saturated heterocycles. The molecule has 1 atom stereocenters. The second kappa shape index (κ2) is 13.3. The lowest BCUT2D eigenvalue weighted by Crippen LogP contribution is -2.41. The smallest absolute Gasteiger partial charge is 0.260 e. The molecule has 24 heavy (non-hydrogen) atoms. The van der Waals surface area contributed by atoms with Crippen LogP contribution in [-0.2, 0) is 4.79 Å². The van der Waals surface area contributed by atoms with Crippen molar-refractivity contribution in [3.05, 3.63) is 24.5 Å². The molecule has 1 aromatic rings. The van der Waals surface area contributed by atoms with Crippen molar-refractivity contribution in [3.63, 3.8) is 0 Å². The van der Waals surface area contributed by atoms with Crippen molar-refractivity contribution in [1.29, 1.82) is 0 Å². The van der Waals surface area contributed by atoms with Gasteiger partial charge in [0.05, 0.1) is 6.20 Å². The minimum absolute atomic E-state index is 0. The van der Waals surface area contributed by atoms with E-state index in [-0.39, 0.29) is 30.7 Å². The summed E-state index contributed by atoms with van der Waals surface area (Å²) in [4.78, 5) is 15.9. The third-order valence-electron chi connectivity index (χ3n) is 4.03. The monoisotopic (exact) mass is 377 g/mol. The van der Waals surface area contributed by atoms with E-state index >= 15 is 0 Å². The zero-order valence-electron chi connectivity index (χ0n) is 14.2. The number of pyridine rings is 1. The molecule has 1 saturated carbocycles. The Hall–Kier alpha value is -1.04. The minimum atomic E-state index is -0.512. The van der Waals surface area contributed by atoms with Crippen molar-refractivity contribution >= 4 is 30.7 Å². The maximum absolute atomic E-state index is 12.0. The lowest BCUT2D eigenvalue weighted by atomic mass is 10.1. The normalized spacial score (nSPS) is 16.0. The van der Waals surface area contributed by atoms with E-state index in [0.29, 0.717) is 18.3 Å². The first-order valence-electron chi connectivity index (χ1n) is 8.33. The van der Waals surface area contributed by atoms with E-state index in [9.17, 15) is 4.79 Å². The number of amides is 1. The highest BCUT2D eigenvalue weighted by molar-refractivity contribution is 5.85. The maximum atomic E-state index is 12.0. The molecule has 0 aromatic carbocycles. The molecule has 0 radical (unpaired) electrons. The van der Waals surface area contributed by atoms with Gasteiger partial charge in [0.25, 0.3) is 5.91 Å². The van der Waals surface area contributed by atoms with Crippen LogP contribution in [0.3, 0.4) is 0 Å². The van der Waals surface area contributed by atoms with Crippen molar-refractivity contribution in [2.75, 3.05) is 13.1 Å². The minimum Gasteiger partial charge on any atom is -0.479 e. The zero-order valence-corrected chi connectivity index (χ0v) is 15.8. The van der Waals surface area contributed by atoms with Crippen LogP contribution in [0.4, 0.5) is 0 Å². The number of nitrogens with zero attached hydrogens (tertiary/aromatic N) is 1. The molecule has 5 nitrogen and oxygen atoms in total. The summed E-state index contributed by atoms with van der Waals surface area (Å²) in [5.41, 5.74) is 0. The van der Waals surface area contributed by atoms with E-state index in [1.807, 2.05) is 0 Å². The molecular formula is C17H29Cl2N3O2. The number of rotatable bonds is 7. The third-order valence-corrected chi connectivity index (χ3v) is 4.03. The van der Waals surface area contributed by atoms with Gasteiger partial charge in [-0.3, -0.25) is 9.78 Å². The fourth-order valence-electron chi connectivity index (χ4n) is 2.76. The second-order valence-electron chi connectivity index (χ2n) is 5.88. The van der Waals surface area contributed by atoms with Crippen LogP contribution in [0.15, 0.2) is 24.5 Å². The Bertz CT molecular complexity index is 441. The maximum Gasteiger partial charge on any atom is 0.260 e. The van der Waals surface area contributed by atoms with Gasteiger partial charge in [0, 0.05) is 25.3 Å². The summed E-state index contributed by atoms with van der Waals surface area (Å²) in [7, 11) is 0. The van der Waals surface area contributed by atoms with Gasteiger partial charge in [0.15, 0.2) is 6.10 Å². The number of hydrogen-bond donors (Lipinski definition) is 2. The first-order valence-corrected chi connectivity index (χ1v) is 8.33. The molecule has 1 amide bonds. The number of ether oxygens (including phenoxy) is 1. The number of carbonyl (C=O) groups excluding carboxylic acids is 1. The second-order valence-corrected chi connectivity index (χ2v) is 5.88. The van der Waals surface area contributed by atoms with Crippen molar-refractivity contribution in [2.24, 2.45) is 0 Å². The number of carbonyl (C=O) groups is 1. The molecule has 0 spiro atoms. The lowest BCUT2D eigenvalue weighted by Gasteiger charge is -2.17. The highest BCUT2D eigenvalue weighted by atomic mass is 35.5. The van der Waals surface area contributed by atoms with E-state index in [4.69, 9.17) is 4.74 Å². The lowest BCUT2D eigenvalue weighted by molar-refractivity contribution is -0.127. The molecule has 0 aliphatic heterocycles. The number of halogens is 2. The Morgan fingerprint density at radius 3 is 2.58 bits per heavy atom. The van der Waals surface area contributed by atoms with Crippen LogP contribution in [-0.4, -0.2) is 36.1 Å². The summed E-state index contributed by atoms with van der Waals surface area (Å²) >= 11 is 0. The first kappa shape index (κ1) is 23.0. The predicted octanol–water partition coefficient (Wildman–Crippen LogP) is 3.12. The molecule has 1 heterocycles. The molecule has 1 unspecified atom stereocenters. The Labute approximate surface area is 157 Å². The summed E-state index contributed by atoms with van der Waals surface area (Å²) in [5, 5.41) is 6.45. The van der Waals surface area contributed by atoms with E-state index in [1.54, 1.807) is 31.5 Å². The first-order chi connectivity index (χ1) is 10.8. The quantitative estimate of drug-likeness (QED) is 0.565. The molecule has 2 N–H and O–H groups in total. The summed E-state index contributed by atoms with van der Waals surface area (Å²) < 4.78 is 5.54.